The van der Waals surface area contributed by atoms with Gasteiger partial charge in [-0.2, -0.15) is 0 Å². The average Bonchev–Trinajstić information content (AvgIpc) is 2.31. The van der Waals surface area contributed by atoms with Crippen molar-refractivity contribution in [3.05, 3.63) is 0 Å². The molecule has 0 spiro atoms. The molecule has 0 aliphatic rings. The van der Waals surface area contributed by atoms with Gasteiger partial charge in [-0.15, -0.1) is 0 Å². The Morgan fingerprint density at radius 3 is 2.39 bits per heavy atom. The van der Waals surface area contributed by atoms with Gasteiger partial charge < -0.3 is 15.3 Å². The molecule has 2 N–H and O–H groups in total. The van der Waals surface area contributed by atoms with Crippen molar-refractivity contribution in [2.75, 3.05) is 26.2 Å². The van der Waals surface area contributed by atoms with Gasteiger partial charge in [-0.3, -0.25) is 4.79 Å². The van der Waals surface area contributed by atoms with E-state index in [4.69, 9.17) is 0 Å². The van der Waals surface area contributed by atoms with E-state index < -0.39 is 11.5 Å². The fourth-order valence-corrected chi connectivity index (χ4v) is 1.95. The highest BCUT2D eigenvalue weighted by atomic mass is 16.4. The molecule has 1 unspecified atom stereocenters. The van der Waals surface area contributed by atoms with E-state index in [1.807, 2.05) is 6.92 Å². The molecule has 0 aromatic heterocycles. The molecule has 0 heterocycles. The monoisotopic (exact) mass is 258 g/mol. The molecule has 0 saturated heterocycles. The molecule has 0 aromatic rings. The summed E-state index contributed by atoms with van der Waals surface area (Å²) in [5.41, 5.74) is -0.805. The SMILES string of the molecule is CCCNC(C)(CCN(CC)CC(C)C)C(=O)O. The molecule has 0 bridgehead atoms. The minimum absolute atomic E-state index is 0.615. The fourth-order valence-electron chi connectivity index (χ4n) is 1.95. The van der Waals surface area contributed by atoms with Gasteiger partial charge in [0.15, 0.2) is 0 Å². The summed E-state index contributed by atoms with van der Waals surface area (Å²) < 4.78 is 0. The van der Waals surface area contributed by atoms with Crippen LogP contribution in [0.25, 0.3) is 0 Å². The third kappa shape index (κ3) is 6.36. The van der Waals surface area contributed by atoms with Crippen LogP contribution in [-0.2, 0) is 4.79 Å². The minimum atomic E-state index is -0.805. The number of nitrogens with one attached hydrogen (secondary N) is 1. The first-order chi connectivity index (χ1) is 8.35. The number of aliphatic carboxylic acids is 1. The van der Waals surface area contributed by atoms with Crippen LogP contribution >= 0.6 is 0 Å². The standard InChI is InChI=1S/C14H30N2O2/c1-6-9-15-14(5,13(17)18)8-10-16(7-2)11-12(3)4/h12,15H,6-11H2,1-5H3,(H,17,18). The Labute approximate surface area is 112 Å². The van der Waals surface area contributed by atoms with Gasteiger partial charge >= 0.3 is 5.97 Å². The van der Waals surface area contributed by atoms with E-state index in [9.17, 15) is 9.90 Å². The van der Waals surface area contributed by atoms with Crippen LogP contribution in [0.3, 0.4) is 0 Å². The number of carboxylic acids is 1. The van der Waals surface area contributed by atoms with Gasteiger partial charge in [0.25, 0.3) is 0 Å². The van der Waals surface area contributed by atoms with Gasteiger partial charge in [0.2, 0.25) is 0 Å². The van der Waals surface area contributed by atoms with Crippen LogP contribution in [-0.4, -0.2) is 47.7 Å². The van der Waals surface area contributed by atoms with Crippen LogP contribution in [0.4, 0.5) is 0 Å². The lowest BCUT2D eigenvalue weighted by Crippen LogP contribution is -2.51. The Balaban J connectivity index is 4.36. The Bertz CT molecular complexity index is 244. The lowest BCUT2D eigenvalue weighted by molar-refractivity contribution is -0.144. The summed E-state index contributed by atoms with van der Waals surface area (Å²) in [5.74, 6) is -0.138. The first kappa shape index (κ1) is 17.4. The van der Waals surface area contributed by atoms with E-state index in [0.717, 1.165) is 32.6 Å². The number of rotatable bonds is 10. The first-order valence-corrected chi connectivity index (χ1v) is 7.06. The summed E-state index contributed by atoms with van der Waals surface area (Å²) in [5, 5.41) is 12.5. The van der Waals surface area contributed by atoms with Gasteiger partial charge in [0.05, 0.1) is 0 Å². The maximum atomic E-state index is 11.4. The molecule has 0 rings (SSSR count). The lowest BCUT2D eigenvalue weighted by Gasteiger charge is -2.30. The molecule has 108 valence electrons. The van der Waals surface area contributed by atoms with Crippen molar-refractivity contribution < 1.29 is 9.90 Å². The second-order valence-electron chi connectivity index (χ2n) is 5.60. The summed E-state index contributed by atoms with van der Waals surface area (Å²) in [4.78, 5) is 13.7. The van der Waals surface area contributed by atoms with Gasteiger partial charge in [0, 0.05) is 13.1 Å². The Morgan fingerprint density at radius 2 is 2.00 bits per heavy atom. The van der Waals surface area contributed by atoms with Crippen molar-refractivity contribution in [1.29, 1.82) is 0 Å². The van der Waals surface area contributed by atoms with E-state index in [-0.39, 0.29) is 0 Å². The maximum absolute atomic E-state index is 11.4. The van der Waals surface area contributed by atoms with Crippen LogP contribution in [0.5, 0.6) is 0 Å². The second kappa shape index (κ2) is 8.48. The number of carboxylic acid groups (broad SMARTS) is 1. The summed E-state index contributed by atoms with van der Waals surface area (Å²) in [6.45, 7) is 13.9. The quantitative estimate of drug-likeness (QED) is 0.631. The summed E-state index contributed by atoms with van der Waals surface area (Å²) in [7, 11) is 0. The molecule has 0 saturated carbocycles. The second-order valence-corrected chi connectivity index (χ2v) is 5.60. The largest absolute Gasteiger partial charge is 0.480 e. The molecule has 0 radical (unpaired) electrons. The molecule has 0 aromatic carbocycles. The highest BCUT2D eigenvalue weighted by molar-refractivity contribution is 5.78. The highest BCUT2D eigenvalue weighted by Crippen LogP contribution is 2.12. The summed E-state index contributed by atoms with van der Waals surface area (Å²) in [6, 6.07) is 0. The zero-order valence-corrected chi connectivity index (χ0v) is 12.6. The van der Waals surface area contributed by atoms with Gasteiger partial charge in [-0.25, -0.2) is 0 Å². The van der Waals surface area contributed by atoms with Crippen molar-refractivity contribution in [3.8, 4) is 0 Å². The number of hydrogen-bond donors (Lipinski definition) is 2. The maximum Gasteiger partial charge on any atom is 0.323 e. The third-order valence-corrected chi connectivity index (χ3v) is 3.24. The van der Waals surface area contributed by atoms with E-state index >= 15 is 0 Å². The first-order valence-electron chi connectivity index (χ1n) is 7.06. The van der Waals surface area contributed by atoms with Gasteiger partial charge in [-0.1, -0.05) is 27.7 Å². The zero-order chi connectivity index (χ0) is 14.2. The highest BCUT2D eigenvalue weighted by Gasteiger charge is 2.32. The van der Waals surface area contributed by atoms with Crippen LogP contribution in [0.2, 0.25) is 0 Å². The van der Waals surface area contributed by atoms with Crippen LogP contribution in [0.1, 0.15) is 47.5 Å². The molecule has 0 aliphatic heterocycles. The summed E-state index contributed by atoms with van der Waals surface area (Å²) in [6.07, 6.45) is 1.59. The van der Waals surface area contributed by atoms with Crippen LogP contribution in [0.15, 0.2) is 0 Å². The van der Waals surface area contributed by atoms with E-state index in [0.29, 0.717) is 12.3 Å². The van der Waals surface area contributed by atoms with E-state index in [1.54, 1.807) is 6.92 Å². The molecule has 1 atom stereocenters. The Hall–Kier alpha value is -0.610. The smallest absolute Gasteiger partial charge is 0.323 e. The molecular weight excluding hydrogens is 228 g/mol. The third-order valence-electron chi connectivity index (χ3n) is 3.24. The zero-order valence-electron chi connectivity index (χ0n) is 12.6. The Morgan fingerprint density at radius 1 is 1.39 bits per heavy atom. The molecule has 0 fully saturated rings. The fraction of sp³-hybridized carbons (Fsp3) is 0.929. The predicted molar refractivity (Wildman–Crippen MR) is 75.9 cm³/mol. The van der Waals surface area contributed by atoms with Crippen LogP contribution < -0.4 is 5.32 Å². The minimum Gasteiger partial charge on any atom is -0.480 e. The van der Waals surface area contributed by atoms with Crippen molar-refractivity contribution in [1.82, 2.24) is 10.2 Å². The predicted octanol–water partition coefficient (Wildman–Crippen LogP) is 2.20. The molecule has 0 amide bonds. The molecule has 4 nitrogen and oxygen atoms in total. The molecule has 4 heteroatoms. The number of nitrogens with zero attached hydrogens (tertiary/aromatic N) is 1. The molecule has 0 aliphatic carbocycles. The van der Waals surface area contributed by atoms with Gasteiger partial charge in [0.1, 0.15) is 5.54 Å². The van der Waals surface area contributed by atoms with Gasteiger partial charge in [-0.05, 0) is 38.8 Å². The summed E-state index contributed by atoms with van der Waals surface area (Å²) >= 11 is 0. The normalized spacial score (nSPS) is 15.1. The van der Waals surface area contributed by atoms with Crippen molar-refractivity contribution in [3.63, 3.8) is 0 Å². The lowest BCUT2D eigenvalue weighted by atomic mass is 9.97. The van der Waals surface area contributed by atoms with E-state index in [2.05, 4.69) is 31.0 Å². The average molecular weight is 258 g/mol. The van der Waals surface area contributed by atoms with E-state index in [1.165, 1.54) is 0 Å². The topological polar surface area (TPSA) is 52.6 Å². The Kier molecular flexibility index (Phi) is 8.20. The van der Waals surface area contributed by atoms with Crippen molar-refractivity contribution >= 4 is 5.97 Å². The number of carbonyl (C=O) groups is 1. The molecule has 18 heavy (non-hydrogen) atoms. The molecular formula is C14H30N2O2. The van der Waals surface area contributed by atoms with Crippen LogP contribution in [0, 0.1) is 5.92 Å². The van der Waals surface area contributed by atoms with Crippen molar-refractivity contribution in [2.45, 2.75) is 53.0 Å². The van der Waals surface area contributed by atoms with Crippen molar-refractivity contribution in [2.24, 2.45) is 5.92 Å². The number of hydrogen-bond acceptors (Lipinski definition) is 3.